The molecule has 7 nitrogen and oxygen atoms in total. The zero-order valence-electron chi connectivity index (χ0n) is 25.4. The van der Waals surface area contributed by atoms with Gasteiger partial charge in [-0.25, -0.2) is 4.79 Å². The molecule has 1 aromatic carbocycles. The van der Waals surface area contributed by atoms with E-state index in [1.54, 1.807) is 17.0 Å². The number of hydrogen-bond donors (Lipinski definition) is 3. The second-order valence-corrected chi connectivity index (χ2v) is 12.8. The average Bonchev–Trinajstić information content (AvgIpc) is 3.54. The summed E-state index contributed by atoms with van der Waals surface area (Å²) in [5.41, 5.74) is 1.86. The molecule has 3 N–H and O–H groups in total. The van der Waals surface area contributed by atoms with Crippen LogP contribution in [0.4, 0.5) is 4.79 Å². The number of hydrogen-bond acceptors (Lipinski definition) is 5. The number of rotatable bonds is 7. The number of aliphatic hydroxyl groups is 2. The van der Waals surface area contributed by atoms with Crippen molar-refractivity contribution in [2.45, 2.75) is 110 Å². The fraction of sp³-hybridized carbons (Fsp3) is 0.588. The standard InChI is InChI=1S/C34H48N2O5/c1-6-18-36(32(39)35-23(2)3)22-34(40)17-15-29-27-14-12-25(21-28(27)31(38)30-10-8-19-41-30)20-26(37)13-11-24(4)9-7-16-33(29,34)5/h8-10,12,14,19,21,23,26,29,37,40H,6-7,11,13,15-18,20,22H2,1-5H3,(H,35,39)/t26-,29-,33-,34+/m0/s1. The van der Waals surface area contributed by atoms with Crippen LogP contribution in [0.1, 0.15) is 113 Å². The van der Waals surface area contributed by atoms with E-state index in [0.29, 0.717) is 44.2 Å². The summed E-state index contributed by atoms with van der Waals surface area (Å²) in [6.07, 6.45) is 8.63. The minimum atomic E-state index is -1.14. The summed E-state index contributed by atoms with van der Waals surface area (Å²) in [6, 6.07) is 9.19. The SMILES string of the molecule is CCCN(C[C@]1(O)CC[C@H]2c3ccc(cc3C(=O)c3ccco3)C[C@@H](O)CCC(C)=CCC[C@@]21C)C(=O)NC(C)C. The molecule has 0 radical (unpaired) electrons. The first-order valence-corrected chi connectivity index (χ1v) is 15.3. The molecule has 0 unspecified atom stereocenters. The third-order valence-corrected chi connectivity index (χ3v) is 9.31. The van der Waals surface area contributed by atoms with E-state index in [-0.39, 0.29) is 36.1 Å². The van der Waals surface area contributed by atoms with Crippen molar-refractivity contribution >= 4 is 11.8 Å². The first kappa shape index (κ1) is 31.0. The van der Waals surface area contributed by atoms with Crippen molar-refractivity contribution in [1.82, 2.24) is 10.2 Å². The van der Waals surface area contributed by atoms with Gasteiger partial charge < -0.3 is 24.8 Å². The van der Waals surface area contributed by atoms with Crippen molar-refractivity contribution < 1.29 is 24.2 Å². The second kappa shape index (κ2) is 13.0. The Morgan fingerprint density at radius 2 is 1.98 bits per heavy atom. The topological polar surface area (TPSA) is 103 Å². The first-order chi connectivity index (χ1) is 19.5. The molecule has 0 aliphatic heterocycles. The average molecular weight is 565 g/mol. The van der Waals surface area contributed by atoms with Gasteiger partial charge in [0, 0.05) is 23.6 Å². The number of amides is 2. The van der Waals surface area contributed by atoms with Gasteiger partial charge in [0.05, 0.1) is 24.5 Å². The molecule has 2 amide bonds. The molecule has 7 heteroatoms. The Hall–Kier alpha value is -2.90. The summed E-state index contributed by atoms with van der Waals surface area (Å²) in [5.74, 6) is -0.0161. The summed E-state index contributed by atoms with van der Waals surface area (Å²) >= 11 is 0. The maximum Gasteiger partial charge on any atom is 0.317 e. The van der Waals surface area contributed by atoms with Crippen LogP contribution in [0.5, 0.6) is 0 Å². The van der Waals surface area contributed by atoms with Gasteiger partial charge in [-0.3, -0.25) is 4.79 Å². The van der Waals surface area contributed by atoms with Crippen molar-refractivity contribution in [3.63, 3.8) is 0 Å². The van der Waals surface area contributed by atoms with E-state index in [2.05, 4.69) is 25.2 Å². The number of carbonyl (C=O) groups is 2. The monoisotopic (exact) mass is 564 g/mol. The highest BCUT2D eigenvalue weighted by Crippen LogP contribution is 2.58. The molecule has 0 spiro atoms. The molecular formula is C34H48N2O5. The van der Waals surface area contributed by atoms with Crippen LogP contribution in [0.3, 0.4) is 0 Å². The molecule has 2 bridgehead atoms. The van der Waals surface area contributed by atoms with Crippen molar-refractivity contribution in [3.8, 4) is 0 Å². The maximum atomic E-state index is 13.8. The normalized spacial score (nSPS) is 26.8. The van der Waals surface area contributed by atoms with Gasteiger partial charge in [-0.1, -0.05) is 37.6 Å². The molecule has 1 heterocycles. The van der Waals surface area contributed by atoms with Gasteiger partial charge in [-0.05, 0) is 107 Å². The van der Waals surface area contributed by atoms with Crippen LogP contribution in [0.15, 0.2) is 52.7 Å². The fourth-order valence-electron chi connectivity index (χ4n) is 6.91. The Bertz CT molecular complexity index is 1240. The minimum absolute atomic E-state index is 0.00177. The number of nitrogens with one attached hydrogen (secondary N) is 1. The molecule has 0 saturated heterocycles. The van der Waals surface area contributed by atoms with Gasteiger partial charge in [0.25, 0.3) is 0 Å². The van der Waals surface area contributed by atoms with Gasteiger partial charge in [0.15, 0.2) is 5.76 Å². The van der Waals surface area contributed by atoms with Crippen molar-refractivity contribution in [2.75, 3.05) is 13.1 Å². The number of allylic oxidation sites excluding steroid dienone is 2. The zero-order valence-corrected chi connectivity index (χ0v) is 25.4. The highest BCUT2D eigenvalue weighted by atomic mass is 16.3. The molecule has 4 atom stereocenters. The molecule has 224 valence electrons. The third-order valence-electron chi connectivity index (χ3n) is 9.31. The summed E-state index contributed by atoms with van der Waals surface area (Å²) in [4.78, 5) is 28.7. The Morgan fingerprint density at radius 3 is 2.66 bits per heavy atom. The van der Waals surface area contributed by atoms with E-state index in [1.165, 1.54) is 11.8 Å². The Balaban J connectivity index is 1.81. The van der Waals surface area contributed by atoms with Crippen LogP contribution in [-0.2, 0) is 6.42 Å². The van der Waals surface area contributed by atoms with Gasteiger partial charge in [-0.2, -0.15) is 0 Å². The zero-order chi connectivity index (χ0) is 29.8. The fourth-order valence-corrected chi connectivity index (χ4v) is 6.91. The summed E-state index contributed by atoms with van der Waals surface area (Å²) in [5, 5.41) is 26.3. The number of carbonyl (C=O) groups excluding carboxylic acids is 2. The van der Waals surface area contributed by atoms with Crippen LogP contribution < -0.4 is 5.32 Å². The Morgan fingerprint density at radius 1 is 1.20 bits per heavy atom. The number of ketones is 1. The number of benzene rings is 1. The summed E-state index contributed by atoms with van der Waals surface area (Å²) in [6.45, 7) is 11.0. The van der Waals surface area contributed by atoms with Crippen LogP contribution in [0, 0.1) is 5.41 Å². The van der Waals surface area contributed by atoms with E-state index >= 15 is 0 Å². The van der Waals surface area contributed by atoms with E-state index in [0.717, 1.165) is 30.4 Å². The van der Waals surface area contributed by atoms with Gasteiger partial charge >= 0.3 is 6.03 Å². The molecular weight excluding hydrogens is 516 g/mol. The highest BCUT2D eigenvalue weighted by Gasteiger charge is 2.57. The van der Waals surface area contributed by atoms with Crippen LogP contribution in [-0.4, -0.2) is 57.8 Å². The first-order valence-electron chi connectivity index (χ1n) is 15.3. The van der Waals surface area contributed by atoms with E-state index in [4.69, 9.17) is 4.42 Å². The smallest absolute Gasteiger partial charge is 0.317 e. The molecule has 1 aromatic heterocycles. The van der Waals surface area contributed by atoms with Gasteiger partial charge in [-0.15, -0.1) is 0 Å². The van der Waals surface area contributed by atoms with Crippen LogP contribution >= 0.6 is 0 Å². The third kappa shape index (κ3) is 6.78. The number of fused-ring (bicyclic) bond motifs is 8. The number of aliphatic hydroxyl groups excluding tert-OH is 1. The number of urea groups is 1. The lowest BCUT2D eigenvalue weighted by Gasteiger charge is -2.46. The van der Waals surface area contributed by atoms with Crippen molar-refractivity contribution in [2.24, 2.45) is 5.41 Å². The molecule has 1 saturated carbocycles. The van der Waals surface area contributed by atoms with Crippen LogP contribution in [0.2, 0.25) is 0 Å². The number of furan rings is 1. The predicted molar refractivity (Wildman–Crippen MR) is 161 cm³/mol. The van der Waals surface area contributed by atoms with Gasteiger partial charge in [0.1, 0.15) is 0 Å². The summed E-state index contributed by atoms with van der Waals surface area (Å²) < 4.78 is 5.52. The summed E-state index contributed by atoms with van der Waals surface area (Å²) in [7, 11) is 0. The van der Waals surface area contributed by atoms with Gasteiger partial charge in [0.2, 0.25) is 5.78 Å². The lowest BCUT2D eigenvalue weighted by Crippen LogP contribution is -2.56. The molecule has 2 aromatic rings. The maximum absolute atomic E-state index is 13.8. The molecule has 41 heavy (non-hydrogen) atoms. The highest BCUT2D eigenvalue weighted by molar-refractivity contribution is 6.08. The number of nitrogens with zero attached hydrogens (tertiary/aromatic N) is 1. The molecule has 3 aliphatic rings. The minimum Gasteiger partial charge on any atom is -0.461 e. The van der Waals surface area contributed by atoms with Crippen molar-refractivity contribution in [3.05, 3.63) is 70.7 Å². The Kier molecular flexibility index (Phi) is 9.81. The van der Waals surface area contributed by atoms with E-state index in [9.17, 15) is 19.8 Å². The van der Waals surface area contributed by atoms with Crippen molar-refractivity contribution in [1.29, 1.82) is 0 Å². The van der Waals surface area contributed by atoms with Crippen LogP contribution in [0.25, 0.3) is 0 Å². The largest absolute Gasteiger partial charge is 0.461 e. The second-order valence-electron chi connectivity index (χ2n) is 12.8. The lowest BCUT2D eigenvalue weighted by molar-refractivity contribution is -0.0770. The Labute approximate surface area is 245 Å². The molecule has 3 aliphatic carbocycles. The molecule has 5 rings (SSSR count). The quantitative estimate of drug-likeness (QED) is 0.268. The van der Waals surface area contributed by atoms with E-state index in [1.807, 2.05) is 39.0 Å². The predicted octanol–water partition coefficient (Wildman–Crippen LogP) is 6.38. The van der Waals surface area contributed by atoms with E-state index < -0.39 is 17.1 Å². The molecule has 1 fully saturated rings. The lowest BCUT2D eigenvalue weighted by atomic mass is 9.64.